The van der Waals surface area contributed by atoms with Gasteiger partial charge in [-0.1, -0.05) is 23.4 Å². The Bertz CT molecular complexity index is 901. The molecule has 128 valence electrons. The van der Waals surface area contributed by atoms with E-state index in [1.54, 1.807) is 24.2 Å². The Labute approximate surface area is 154 Å². The van der Waals surface area contributed by atoms with E-state index < -0.39 is 0 Å². The van der Waals surface area contributed by atoms with Gasteiger partial charge in [-0.25, -0.2) is 0 Å². The molecule has 3 aromatic rings. The van der Waals surface area contributed by atoms with Crippen LogP contribution in [0, 0.1) is 0 Å². The maximum absolute atomic E-state index is 6.29. The minimum atomic E-state index is 0.525. The summed E-state index contributed by atoms with van der Waals surface area (Å²) in [6.45, 7) is 1.06. The molecule has 25 heavy (non-hydrogen) atoms. The number of ether oxygens (including phenoxy) is 2. The lowest BCUT2D eigenvalue weighted by Crippen LogP contribution is -2.15. The van der Waals surface area contributed by atoms with E-state index in [0.29, 0.717) is 35.5 Å². The summed E-state index contributed by atoms with van der Waals surface area (Å²) in [6, 6.07) is 7.71. The number of nitrogens with zero attached hydrogens (tertiary/aromatic N) is 4. The maximum Gasteiger partial charge on any atom is 0.191 e. The first kappa shape index (κ1) is 16.2. The van der Waals surface area contributed by atoms with Crippen molar-refractivity contribution in [3.8, 4) is 22.9 Å². The van der Waals surface area contributed by atoms with Crippen LogP contribution in [-0.4, -0.2) is 33.0 Å². The number of benzene rings is 1. The molecule has 4 rings (SSSR count). The van der Waals surface area contributed by atoms with E-state index in [9.17, 15) is 0 Å². The number of rotatable bonds is 4. The highest BCUT2D eigenvalue weighted by atomic mass is 35.5. The number of halogens is 1. The fourth-order valence-corrected chi connectivity index (χ4v) is 3.71. The molecule has 0 atom stereocenters. The lowest BCUT2D eigenvalue weighted by Gasteiger charge is -2.20. The van der Waals surface area contributed by atoms with Crippen molar-refractivity contribution in [2.75, 3.05) is 13.2 Å². The summed E-state index contributed by atoms with van der Waals surface area (Å²) in [5.41, 5.74) is 1.98. The third-order valence-corrected chi connectivity index (χ3v) is 5.15. The standard InChI is InChI=1S/C17H15ClN4O2S/c1-22-16(12-3-2-4-19-9-12)20-21-17(22)25-10-11-7-13(18)15-14(8-11)23-5-6-24-15/h2-4,7-9H,5-6,10H2,1H3. The second kappa shape index (κ2) is 6.93. The van der Waals surface area contributed by atoms with Crippen LogP contribution in [0.4, 0.5) is 0 Å². The summed E-state index contributed by atoms with van der Waals surface area (Å²) in [5.74, 6) is 2.81. The second-order valence-corrected chi connectivity index (χ2v) is 6.85. The Balaban J connectivity index is 1.53. The number of pyridine rings is 1. The monoisotopic (exact) mass is 374 g/mol. The van der Waals surface area contributed by atoms with E-state index in [1.807, 2.05) is 35.9 Å². The van der Waals surface area contributed by atoms with E-state index in [-0.39, 0.29) is 0 Å². The smallest absolute Gasteiger partial charge is 0.191 e. The van der Waals surface area contributed by atoms with Crippen molar-refractivity contribution in [3.05, 3.63) is 47.2 Å². The predicted octanol–water partition coefficient (Wildman–Crippen LogP) is 3.59. The van der Waals surface area contributed by atoms with Crippen LogP contribution in [0.5, 0.6) is 11.5 Å². The molecule has 0 saturated heterocycles. The molecular formula is C17H15ClN4O2S. The SMILES string of the molecule is Cn1c(SCc2cc(Cl)c3c(c2)OCCO3)nnc1-c1cccnc1. The zero-order valence-corrected chi connectivity index (χ0v) is 15.0. The molecule has 0 bridgehead atoms. The second-order valence-electron chi connectivity index (χ2n) is 5.50. The summed E-state index contributed by atoms with van der Waals surface area (Å²) in [4.78, 5) is 4.13. The molecule has 3 heterocycles. The zero-order chi connectivity index (χ0) is 17.2. The topological polar surface area (TPSA) is 62.1 Å². The van der Waals surface area contributed by atoms with E-state index in [0.717, 1.165) is 22.1 Å². The summed E-state index contributed by atoms with van der Waals surface area (Å²) < 4.78 is 13.1. The van der Waals surface area contributed by atoms with Gasteiger partial charge in [0.15, 0.2) is 22.5 Å². The van der Waals surface area contributed by atoms with Crippen LogP contribution in [0.2, 0.25) is 5.02 Å². The van der Waals surface area contributed by atoms with Gasteiger partial charge in [-0.05, 0) is 29.8 Å². The predicted molar refractivity (Wildman–Crippen MR) is 96.2 cm³/mol. The quantitative estimate of drug-likeness (QED) is 0.650. The molecule has 1 aromatic carbocycles. The molecule has 0 unspecified atom stereocenters. The van der Waals surface area contributed by atoms with Gasteiger partial charge in [0.2, 0.25) is 0 Å². The lowest BCUT2D eigenvalue weighted by molar-refractivity contribution is 0.171. The van der Waals surface area contributed by atoms with E-state index in [1.165, 1.54) is 0 Å². The highest BCUT2D eigenvalue weighted by Crippen LogP contribution is 2.39. The first-order valence-corrected chi connectivity index (χ1v) is 9.09. The molecule has 8 heteroatoms. The van der Waals surface area contributed by atoms with Crippen molar-refractivity contribution < 1.29 is 9.47 Å². The van der Waals surface area contributed by atoms with Gasteiger partial charge in [0.1, 0.15) is 13.2 Å². The summed E-state index contributed by atoms with van der Waals surface area (Å²) in [7, 11) is 1.95. The van der Waals surface area contributed by atoms with Crippen molar-refractivity contribution in [1.82, 2.24) is 19.7 Å². The highest BCUT2D eigenvalue weighted by Gasteiger charge is 2.17. The van der Waals surface area contributed by atoms with Crippen LogP contribution >= 0.6 is 23.4 Å². The summed E-state index contributed by atoms with van der Waals surface area (Å²) in [5, 5.41) is 9.94. The third-order valence-electron chi connectivity index (χ3n) is 3.78. The first-order chi connectivity index (χ1) is 12.2. The first-order valence-electron chi connectivity index (χ1n) is 7.73. The maximum atomic E-state index is 6.29. The van der Waals surface area contributed by atoms with Crippen molar-refractivity contribution >= 4 is 23.4 Å². The van der Waals surface area contributed by atoms with Crippen LogP contribution in [0.25, 0.3) is 11.4 Å². The molecule has 6 nitrogen and oxygen atoms in total. The molecule has 1 aliphatic heterocycles. The van der Waals surface area contributed by atoms with Gasteiger partial charge in [-0.3, -0.25) is 4.98 Å². The molecule has 0 spiro atoms. The fourth-order valence-electron chi connectivity index (χ4n) is 2.58. The van der Waals surface area contributed by atoms with Gasteiger partial charge < -0.3 is 14.0 Å². The normalized spacial score (nSPS) is 13.0. The Morgan fingerprint density at radius 1 is 1.24 bits per heavy atom. The number of hydrogen-bond donors (Lipinski definition) is 0. The van der Waals surface area contributed by atoms with E-state index >= 15 is 0 Å². The largest absolute Gasteiger partial charge is 0.486 e. The molecule has 0 radical (unpaired) electrons. The van der Waals surface area contributed by atoms with Crippen molar-refractivity contribution in [3.63, 3.8) is 0 Å². The van der Waals surface area contributed by atoms with Crippen molar-refractivity contribution in [2.45, 2.75) is 10.9 Å². The Hall–Kier alpha value is -2.25. The highest BCUT2D eigenvalue weighted by molar-refractivity contribution is 7.98. The number of hydrogen-bond acceptors (Lipinski definition) is 6. The number of fused-ring (bicyclic) bond motifs is 1. The van der Waals surface area contributed by atoms with Crippen molar-refractivity contribution in [1.29, 1.82) is 0 Å². The van der Waals surface area contributed by atoms with Crippen LogP contribution in [0.3, 0.4) is 0 Å². The zero-order valence-electron chi connectivity index (χ0n) is 13.5. The Morgan fingerprint density at radius 2 is 2.12 bits per heavy atom. The summed E-state index contributed by atoms with van der Waals surface area (Å²) in [6.07, 6.45) is 3.51. The van der Waals surface area contributed by atoms with Crippen LogP contribution in [0.1, 0.15) is 5.56 Å². The molecule has 1 aliphatic rings. The van der Waals surface area contributed by atoms with Gasteiger partial charge in [0, 0.05) is 30.8 Å². The summed E-state index contributed by atoms with van der Waals surface area (Å²) >= 11 is 7.88. The van der Waals surface area contributed by atoms with Gasteiger partial charge in [-0.15, -0.1) is 10.2 Å². The molecule has 0 aliphatic carbocycles. The lowest BCUT2D eigenvalue weighted by atomic mass is 10.2. The van der Waals surface area contributed by atoms with Crippen LogP contribution in [0.15, 0.2) is 41.8 Å². The number of thioether (sulfide) groups is 1. The molecule has 0 saturated carbocycles. The Morgan fingerprint density at radius 3 is 2.96 bits per heavy atom. The minimum Gasteiger partial charge on any atom is -0.486 e. The Kier molecular flexibility index (Phi) is 4.50. The van der Waals surface area contributed by atoms with Crippen molar-refractivity contribution in [2.24, 2.45) is 7.05 Å². The molecule has 0 N–H and O–H groups in total. The average Bonchev–Trinajstić information content (AvgIpc) is 3.01. The van der Waals surface area contributed by atoms with Gasteiger partial charge in [0.25, 0.3) is 0 Å². The van der Waals surface area contributed by atoms with E-state index in [4.69, 9.17) is 21.1 Å². The number of aromatic nitrogens is 4. The van der Waals surface area contributed by atoms with Gasteiger partial charge in [0.05, 0.1) is 5.02 Å². The molecule has 0 amide bonds. The molecule has 2 aromatic heterocycles. The van der Waals surface area contributed by atoms with E-state index in [2.05, 4.69) is 15.2 Å². The molecule has 0 fully saturated rings. The fraction of sp³-hybridized carbons (Fsp3) is 0.235. The van der Waals surface area contributed by atoms with Gasteiger partial charge in [-0.2, -0.15) is 0 Å². The minimum absolute atomic E-state index is 0.525. The molecular weight excluding hydrogens is 360 g/mol. The third kappa shape index (κ3) is 3.29. The van der Waals surface area contributed by atoms with Gasteiger partial charge >= 0.3 is 0 Å². The average molecular weight is 375 g/mol. The van der Waals surface area contributed by atoms with Crippen LogP contribution in [-0.2, 0) is 12.8 Å². The van der Waals surface area contributed by atoms with Crippen LogP contribution < -0.4 is 9.47 Å².